The molecule has 0 atom stereocenters. The fourth-order valence-corrected chi connectivity index (χ4v) is 4.26. The zero-order valence-electron chi connectivity index (χ0n) is 12.6. The van der Waals surface area contributed by atoms with Gasteiger partial charge in [-0.05, 0) is 19.8 Å². The van der Waals surface area contributed by atoms with Crippen LogP contribution in [0.5, 0.6) is 0 Å². The molecule has 2 heterocycles. The molecular weight excluding hydrogens is 284 g/mol. The number of nitrogen functional groups attached to an aromatic ring is 1. The molecule has 114 valence electrons. The van der Waals surface area contributed by atoms with Gasteiger partial charge in [0.15, 0.2) is 0 Å². The maximum absolute atomic E-state index is 12.5. The Balaban J connectivity index is 1.84. The molecule has 5 nitrogen and oxygen atoms in total. The van der Waals surface area contributed by atoms with Crippen molar-refractivity contribution in [3.63, 3.8) is 0 Å². The molecule has 21 heavy (non-hydrogen) atoms. The molecule has 1 saturated carbocycles. The van der Waals surface area contributed by atoms with E-state index in [2.05, 4.69) is 10.4 Å². The van der Waals surface area contributed by atoms with E-state index in [1.807, 2.05) is 14.0 Å². The number of rotatable bonds is 2. The summed E-state index contributed by atoms with van der Waals surface area (Å²) in [5.74, 6) is -0.0278. The Morgan fingerprint density at radius 2 is 2.00 bits per heavy atom. The van der Waals surface area contributed by atoms with Crippen LogP contribution in [0.2, 0.25) is 0 Å². The minimum Gasteiger partial charge on any atom is -0.397 e. The average Bonchev–Trinajstić information content (AvgIpc) is 2.78. The highest BCUT2D eigenvalue weighted by Crippen LogP contribution is 2.35. The van der Waals surface area contributed by atoms with E-state index in [1.165, 1.54) is 37.0 Å². The number of aromatic nitrogens is 2. The standard InChI is InChI=1S/C15H22N4OS/c1-9-11-12(16)13(21-15(11)19(2)18-9)14(20)17-10-7-5-3-4-6-8-10/h10H,3-8,16H2,1-2H3,(H,17,20). The molecule has 0 aliphatic heterocycles. The Morgan fingerprint density at radius 1 is 1.33 bits per heavy atom. The number of nitrogens with zero attached hydrogens (tertiary/aromatic N) is 2. The van der Waals surface area contributed by atoms with E-state index < -0.39 is 0 Å². The number of carbonyl (C=O) groups is 1. The Kier molecular flexibility index (Phi) is 3.89. The van der Waals surface area contributed by atoms with E-state index >= 15 is 0 Å². The van der Waals surface area contributed by atoms with Crippen molar-refractivity contribution in [2.75, 3.05) is 5.73 Å². The third-order valence-corrected chi connectivity index (χ3v) is 5.55. The van der Waals surface area contributed by atoms with Crippen molar-refractivity contribution >= 4 is 33.1 Å². The van der Waals surface area contributed by atoms with Gasteiger partial charge in [0.05, 0.1) is 16.8 Å². The second-order valence-corrected chi connectivity index (χ2v) is 6.90. The van der Waals surface area contributed by atoms with Crippen LogP contribution in [0.1, 0.15) is 53.9 Å². The van der Waals surface area contributed by atoms with Gasteiger partial charge in [0.25, 0.3) is 5.91 Å². The van der Waals surface area contributed by atoms with E-state index in [-0.39, 0.29) is 5.91 Å². The van der Waals surface area contributed by atoms with Gasteiger partial charge < -0.3 is 11.1 Å². The summed E-state index contributed by atoms with van der Waals surface area (Å²) in [7, 11) is 1.89. The van der Waals surface area contributed by atoms with E-state index in [0.29, 0.717) is 16.6 Å². The van der Waals surface area contributed by atoms with Gasteiger partial charge in [0.1, 0.15) is 9.71 Å². The van der Waals surface area contributed by atoms with Crippen molar-refractivity contribution in [2.24, 2.45) is 7.05 Å². The number of hydrogen-bond acceptors (Lipinski definition) is 4. The van der Waals surface area contributed by atoms with Crippen molar-refractivity contribution < 1.29 is 4.79 Å². The molecule has 1 aliphatic rings. The summed E-state index contributed by atoms with van der Waals surface area (Å²) in [6.07, 6.45) is 7.13. The first-order valence-electron chi connectivity index (χ1n) is 7.60. The van der Waals surface area contributed by atoms with Crippen LogP contribution in [0.25, 0.3) is 10.2 Å². The van der Waals surface area contributed by atoms with Crippen molar-refractivity contribution in [3.05, 3.63) is 10.6 Å². The molecule has 0 aromatic carbocycles. The smallest absolute Gasteiger partial charge is 0.263 e. The molecule has 0 radical (unpaired) electrons. The summed E-state index contributed by atoms with van der Waals surface area (Å²) in [6, 6.07) is 0.295. The maximum Gasteiger partial charge on any atom is 0.263 e. The monoisotopic (exact) mass is 306 g/mol. The summed E-state index contributed by atoms with van der Waals surface area (Å²) in [5.41, 5.74) is 7.65. The first kappa shape index (κ1) is 14.4. The molecule has 2 aromatic heterocycles. The van der Waals surface area contributed by atoms with Crippen LogP contribution in [0.15, 0.2) is 0 Å². The number of hydrogen-bond donors (Lipinski definition) is 2. The number of nitrogens with two attached hydrogens (primary N) is 1. The molecule has 0 unspecified atom stereocenters. The lowest BCUT2D eigenvalue weighted by molar-refractivity contribution is 0.0938. The van der Waals surface area contributed by atoms with E-state index in [4.69, 9.17) is 5.73 Å². The first-order chi connectivity index (χ1) is 10.1. The molecular formula is C15H22N4OS. The van der Waals surface area contributed by atoms with Crippen molar-refractivity contribution in [3.8, 4) is 0 Å². The Morgan fingerprint density at radius 3 is 2.62 bits per heavy atom. The average molecular weight is 306 g/mol. The number of amides is 1. The Bertz CT molecular complexity index is 665. The lowest BCUT2D eigenvalue weighted by atomic mass is 10.1. The SMILES string of the molecule is Cc1nn(C)c2sc(C(=O)NC3CCCCCC3)c(N)c12. The topological polar surface area (TPSA) is 72.9 Å². The van der Waals surface area contributed by atoms with Crippen molar-refractivity contribution in [1.82, 2.24) is 15.1 Å². The molecule has 2 aromatic rings. The maximum atomic E-state index is 12.5. The summed E-state index contributed by atoms with van der Waals surface area (Å²) in [6.45, 7) is 1.93. The third-order valence-electron chi connectivity index (χ3n) is 4.28. The highest BCUT2D eigenvalue weighted by Gasteiger charge is 2.23. The molecule has 1 amide bonds. The molecule has 3 rings (SSSR count). The lowest BCUT2D eigenvalue weighted by Crippen LogP contribution is -2.34. The quantitative estimate of drug-likeness (QED) is 0.838. The summed E-state index contributed by atoms with van der Waals surface area (Å²) < 4.78 is 1.80. The zero-order valence-corrected chi connectivity index (χ0v) is 13.4. The molecule has 0 saturated heterocycles. The molecule has 1 aliphatic carbocycles. The van der Waals surface area contributed by atoms with Gasteiger partial charge in [-0.2, -0.15) is 5.10 Å². The number of thiophene rings is 1. The van der Waals surface area contributed by atoms with Gasteiger partial charge >= 0.3 is 0 Å². The van der Waals surface area contributed by atoms with Crippen molar-refractivity contribution in [2.45, 2.75) is 51.5 Å². The number of fused-ring (bicyclic) bond motifs is 1. The number of aryl methyl sites for hydroxylation is 2. The summed E-state index contributed by atoms with van der Waals surface area (Å²) in [4.78, 5) is 14.1. The second kappa shape index (κ2) is 5.67. The Hall–Kier alpha value is -1.56. The molecule has 3 N–H and O–H groups in total. The lowest BCUT2D eigenvalue weighted by Gasteiger charge is -2.15. The van der Waals surface area contributed by atoms with E-state index in [0.717, 1.165) is 28.8 Å². The molecule has 6 heteroatoms. The number of anilines is 1. The predicted octanol–water partition coefficient (Wildman–Crippen LogP) is 2.98. The van der Waals surface area contributed by atoms with Crippen LogP contribution in [0.4, 0.5) is 5.69 Å². The number of carbonyl (C=O) groups excluding carboxylic acids is 1. The molecule has 0 bridgehead atoms. The molecule has 1 fully saturated rings. The van der Waals surface area contributed by atoms with Gasteiger partial charge in [-0.25, -0.2) is 0 Å². The predicted molar refractivity (Wildman–Crippen MR) is 86.7 cm³/mol. The van der Waals surface area contributed by atoms with Crippen LogP contribution in [0, 0.1) is 6.92 Å². The van der Waals surface area contributed by atoms with Gasteiger partial charge in [0.2, 0.25) is 0 Å². The highest BCUT2D eigenvalue weighted by molar-refractivity contribution is 7.21. The van der Waals surface area contributed by atoms with Crippen molar-refractivity contribution in [1.29, 1.82) is 0 Å². The van der Waals surface area contributed by atoms with Crippen LogP contribution in [-0.4, -0.2) is 21.7 Å². The minimum atomic E-state index is -0.0278. The third kappa shape index (κ3) is 2.64. The summed E-state index contributed by atoms with van der Waals surface area (Å²) >= 11 is 1.44. The van der Waals surface area contributed by atoms with Crippen LogP contribution < -0.4 is 11.1 Å². The fraction of sp³-hybridized carbons (Fsp3) is 0.600. The van der Waals surface area contributed by atoms with Gasteiger partial charge in [-0.3, -0.25) is 9.48 Å². The zero-order chi connectivity index (χ0) is 15.0. The number of nitrogens with one attached hydrogen (secondary N) is 1. The largest absolute Gasteiger partial charge is 0.397 e. The van der Waals surface area contributed by atoms with Gasteiger partial charge in [-0.1, -0.05) is 25.7 Å². The van der Waals surface area contributed by atoms with Gasteiger partial charge in [0, 0.05) is 13.1 Å². The van der Waals surface area contributed by atoms with Gasteiger partial charge in [-0.15, -0.1) is 11.3 Å². The highest BCUT2D eigenvalue weighted by atomic mass is 32.1. The minimum absolute atomic E-state index is 0.0278. The van der Waals surface area contributed by atoms with E-state index in [9.17, 15) is 4.79 Å². The normalized spacial score (nSPS) is 17.0. The fourth-order valence-electron chi connectivity index (χ4n) is 3.17. The molecule has 0 spiro atoms. The van der Waals surface area contributed by atoms with Crippen LogP contribution >= 0.6 is 11.3 Å². The summed E-state index contributed by atoms with van der Waals surface area (Å²) in [5, 5.41) is 8.45. The first-order valence-corrected chi connectivity index (χ1v) is 8.42. The second-order valence-electron chi connectivity index (χ2n) is 5.90. The Labute approximate surface area is 128 Å². The van der Waals surface area contributed by atoms with Crippen LogP contribution in [0.3, 0.4) is 0 Å². The van der Waals surface area contributed by atoms with Crippen LogP contribution in [-0.2, 0) is 7.05 Å². The van der Waals surface area contributed by atoms with E-state index in [1.54, 1.807) is 4.68 Å².